The Labute approximate surface area is 104 Å². The van der Waals surface area contributed by atoms with Crippen LogP contribution in [-0.4, -0.2) is 6.04 Å². The summed E-state index contributed by atoms with van der Waals surface area (Å²) in [5.74, 6) is 1.60. The summed E-state index contributed by atoms with van der Waals surface area (Å²) in [6.07, 6.45) is 7.61. The molecular weight excluding hydrogens is 206 g/mol. The van der Waals surface area contributed by atoms with Gasteiger partial charge in [0, 0.05) is 6.04 Å². The Balaban J connectivity index is 1.83. The molecule has 2 aliphatic rings. The molecular formula is C16H23N. The van der Waals surface area contributed by atoms with E-state index in [0.717, 1.165) is 11.8 Å². The fraction of sp³-hybridized carbons (Fsp3) is 0.625. The van der Waals surface area contributed by atoms with E-state index in [1.807, 2.05) is 0 Å². The van der Waals surface area contributed by atoms with Crippen molar-refractivity contribution in [3.8, 4) is 0 Å². The summed E-state index contributed by atoms with van der Waals surface area (Å²) in [5, 5.41) is 0. The topological polar surface area (TPSA) is 26.0 Å². The molecule has 0 saturated heterocycles. The molecule has 1 aromatic rings. The first kappa shape index (κ1) is 11.3. The lowest BCUT2D eigenvalue weighted by atomic mass is 9.82. The summed E-state index contributed by atoms with van der Waals surface area (Å²) >= 11 is 0. The van der Waals surface area contributed by atoms with Crippen LogP contribution in [0.25, 0.3) is 0 Å². The van der Waals surface area contributed by atoms with E-state index in [-0.39, 0.29) is 0 Å². The molecule has 1 nitrogen and oxygen atoms in total. The maximum atomic E-state index is 6.02. The Hall–Kier alpha value is -0.820. The van der Waals surface area contributed by atoms with Gasteiger partial charge in [0.1, 0.15) is 0 Å². The van der Waals surface area contributed by atoms with Crippen molar-refractivity contribution in [3.05, 3.63) is 34.9 Å². The Morgan fingerprint density at radius 3 is 2.76 bits per heavy atom. The van der Waals surface area contributed by atoms with Crippen LogP contribution in [0, 0.1) is 5.92 Å². The molecule has 0 heterocycles. The van der Waals surface area contributed by atoms with Crippen LogP contribution in [0.1, 0.15) is 55.2 Å². The van der Waals surface area contributed by atoms with Crippen molar-refractivity contribution in [2.75, 3.05) is 0 Å². The zero-order valence-electron chi connectivity index (χ0n) is 10.8. The summed E-state index contributed by atoms with van der Waals surface area (Å²) in [5.41, 5.74) is 10.8. The third-order valence-corrected chi connectivity index (χ3v) is 4.65. The van der Waals surface area contributed by atoms with Gasteiger partial charge in [-0.3, -0.25) is 0 Å². The average molecular weight is 229 g/mol. The molecule has 3 atom stereocenters. The number of rotatable bonds is 1. The molecule has 1 fully saturated rings. The molecule has 2 unspecified atom stereocenters. The maximum Gasteiger partial charge on any atom is 0.00448 e. The molecule has 17 heavy (non-hydrogen) atoms. The maximum absolute atomic E-state index is 6.02. The summed E-state index contributed by atoms with van der Waals surface area (Å²) < 4.78 is 0. The minimum Gasteiger partial charge on any atom is -0.328 e. The lowest BCUT2D eigenvalue weighted by molar-refractivity contribution is 0.500. The van der Waals surface area contributed by atoms with Crippen LogP contribution in [0.5, 0.6) is 0 Å². The highest BCUT2D eigenvalue weighted by Crippen LogP contribution is 2.35. The van der Waals surface area contributed by atoms with Crippen molar-refractivity contribution in [3.63, 3.8) is 0 Å². The molecule has 0 spiro atoms. The minimum atomic E-state index is 0.441. The molecule has 0 aromatic heterocycles. The Morgan fingerprint density at radius 1 is 1.12 bits per heavy atom. The van der Waals surface area contributed by atoms with Gasteiger partial charge in [0.25, 0.3) is 0 Å². The number of benzene rings is 1. The van der Waals surface area contributed by atoms with Crippen LogP contribution >= 0.6 is 0 Å². The van der Waals surface area contributed by atoms with Gasteiger partial charge in [0.15, 0.2) is 0 Å². The molecule has 0 radical (unpaired) electrons. The summed E-state index contributed by atoms with van der Waals surface area (Å²) in [6.45, 7) is 2.37. The fourth-order valence-electron chi connectivity index (χ4n) is 3.53. The van der Waals surface area contributed by atoms with Gasteiger partial charge in [-0.15, -0.1) is 0 Å². The summed E-state index contributed by atoms with van der Waals surface area (Å²) in [6, 6.07) is 7.66. The van der Waals surface area contributed by atoms with Crippen molar-refractivity contribution in [2.45, 2.75) is 57.4 Å². The number of fused-ring (bicyclic) bond motifs is 1. The van der Waals surface area contributed by atoms with Gasteiger partial charge in [-0.1, -0.05) is 25.1 Å². The molecule has 0 aliphatic heterocycles. The van der Waals surface area contributed by atoms with Gasteiger partial charge >= 0.3 is 0 Å². The van der Waals surface area contributed by atoms with E-state index < -0.39 is 0 Å². The van der Waals surface area contributed by atoms with Crippen molar-refractivity contribution < 1.29 is 0 Å². The van der Waals surface area contributed by atoms with Crippen LogP contribution < -0.4 is 5.73 Å². The van der Waals surface area contributed by atoms with E-state index in [4.69, 9.17) is 5.73 Å². The lowest BCUT2D eigenvalue weighted by Crippen LogP contribution is -2.15. The van der Waals surface area contributed by atoms with Crippen molar-refractivity contribution in [1.29, 1.82) is 0 Å². The van der Waals surface area contributed by atoms with Crippen LogP contribution in [0.4, 0.5) is 0 Å². The molecule has 0 amide bonds. The number of aryl methyl sites for hydroxylation is 1. The largest absolute Gasteiger partial charge is 0.328 e. The van der Waals surface area contributed by atoms with Crippen LogP contribution in [0.15, 0.2) is 18.2 Å². The number of nitrogens with two attached hydrogens (primary N) is 1. The smallest absolute Gasteiger partial charge is 0.00448 e. The molecule has 2 aliphatic carbocycles. The Bertz CT molecular complexity index is 410. The van der Waals surface area contributed by atoms with E-state index in [1.54, 1.807) is 16.7 Å². The van der Waals surface area contributed by atoms with Gasteiger partial charge in [-0.05, 0) is 67.1 Å². The molecule has 92 valence electrons. The first-order valence-corrected chi connectivity index (χ1v) is 7.09. The van der Waals surface area contributed by atoms with E-state index in [9.17, 15) is 0 Å². The highest BCUT2D eigenvalue weighted by atomic mass is 14.6. The van der Waals surface area contributed by atoms with Crippen molar-refractivity contribution in [1.82, 2.24) is 0 Å². The van der Waals surface area contributed by atoms with E-state index in [0.29, 0.717) is 6.04 Å². The normalized spacial score (nSPS) is 32.5. The third kappa shape index (κ3) is 2.26. The monoisotopic (exact) mass is 229 g/mol. The van der Waals surface area contributed by atoms with E-state index in [1.165, 1.54) is 38.5 Å². The van der Waals surface area contributed by atoms with Gasteiger partial charge in [0.2, 0.25) is 0 Å². The van der Waals surface area contributed by atoms with E-state index >= 15 is 0 Å². The highest BCUT2D eigenvalue weighted by molar-refractivity contribution is 5.36. The second-order valence-corrected chi connectivity index (χ2v) is 6.15. The van der Waals surface area contributed by atoms with Crippen LogP contribution in [-0.2, 0) is 12.8 Å². The first-order valence-electron chi connectivity index (χ1n) is 7.09. The lowest BCUT2D eigenvalue weighted by Gasteiger charge is -2.23. The van der Waals surface area contributed by atoms with Crippen LogP contribution in [0.3, 0.4) is 0 Å². The molecule has 3 rings (SSSR count). The third-order valence-electron chi connectivity index (χ3n) is 4.65. The SMILES string of the molecule is C[C@H]1CCc2cc(C3CCC(N)C3)ccc2C1. The van der Waals surface area contributed by atoms with Gasteiger partial charge in [0.05, 0.1) is 0 Å². The van der Waals surface area contributed by atoms with Crippen molar-refractivity contribution >= 4 is 0 Å². The number of hydrogen-bond acceptors (Lipinski definition) is 1. The van der Waals surface area contributed by atoms with Gasteiger partial charge in [-0.25, -0.2) is 0 Å². The second kappa shape index (κ2) is 4.45. The summed E-state index contributed by atoms with van der Waals surface area (Å²) in [7, 11) is 0. The predicted molar refractivity (Wildman–Crippen MR) is 72.2 cm³/mol. The number of hydrogen-bond donors (Lipinski definition) is 1. The molecule has 1 heteroatoms. The zero-order valence-corrected chi connectivity index (χ0v) is 10.8. The quantitative estimate of drug-likeness (QED) is 0.784. The molecule has 0 bridgehead atoms. The Kier molecular flexibility index (Phi) is 2.96. The fourth-order valence-corrected chi connectivity index (χ4v) is 3.53. The molecule has 1 aromatic carbocycles. The van der Waals surface area contributed by atoms with Gasteiger partial charge < -0.3 is 5.73 Å². The Morgan fingerprint density at radius 2 is 2.00 bits per heavy atom. The highest BCUT2D eigenvalue weighted by Gasteiger charge is 2.24. The van der Waals surface area contributed by atoms with E-state index in [2.05, 4.69) is 25.1 Å². The zero-order chi connectivity index (χ0) is 11.8. The standard InChI is InChI=1S/C16H23N/c1-11-2-3-13-9-14(5-4-12(13)8-11)15-6-7-16(17)10-15/h4-5,9,11,15-16H,2-3,6-8,10,17H2,1H3/t11-,15?,16?/m0/s1. The van der Waals surface area contributed by atoms with Crippen molar-refractivity contribution in [2.24, 2.45) is 11.7 Å². The van der Waals surface area contributed by atoms with Gasteiger partial charge in [-0.2, -0.15) is 0 Å². The second-order valence-electron chi connectivity index (χ2n) is 6.15. The minimum absolute atomic E-state index is 0.441. The molecule has 2 N–H and O–H groups in total. The summed E-state index contributed by atoms with van der Waals surface area (Å²) in [4.78, 5) is 0. The van der Waals surface area contributed by atoms with Crippen LogP contribution in [0.2, 0.25) is 0 Å². The molecule has 1 saturated carbocycles. The average Bonchev–Trinajstić information content (AvgIpc) is 2.75. The predicted octanol–water partition coefficient (Wildman–Crippen LogP) is 3.41. The first-order chi connectivity index (χ1) is 8.22.